The lowest BCUT2D eigenvalue weighted by Gasteiger charge is -2.12. The normalized spacial score (nSPS) is 12.1. The molecule has 2 aromatic carbocycles. The number of aliphatic hydroxyl groups is 1. The highest BCUT2D eigenvalue weighted by Gasteiger charge is 2.18. The van der Waals surface area contributed by atoms with Crippen LogP contribution in [0.4, 0.5) is 5.69 Å². The van der Waals surface area contributed by atoms with Gasteiger partial charge >= 0.3 is 0 Å². The average molecular weight is 322 g/mol. The van der Waals surface area contributed by atoms with E-state index in [1.54, 1.807) is 24.3 Å². The molecule has 19 heavy (non-hydrogen) atoms. The Kier molecular flexibility index (Phi) is 4.29. The maximum Gasteiger partial charge on any atom is 0.272 e. The highest BCUT2D eigenvalue weighted by molar-refractivity contribution is 9.10. The summed E-state index contributed by atoms with van der Waals surface area (Å²) in [5, 5.41) is 21.1. The first-order chi connectivity index (χ1) is 9.09. The molecule has 2 aromatic rings. The van der Waals surface area contributed by atoms with Crippen LogP contribution in [0, 0.1) is 10.1 Å². The molecule has 5 heteroatoms. The summed E-state index contributed by atoms with van der Waals surface area (Å²) in [6.45, 7) is 0. The van der Waals surface area contributed by atoms with Crippen LogP contribution < -0.4 is 0 Å². The smallest absolute Gasteiger partial charge is 0.272 e. The topological polar surface area (TPSA) is 63.4 Å². The fourth-order valence-electron chi connectivity index (χ4n) is 1.93. The van der Waals surface area contributed by atoms with Gasteiger partial charge in [0.05, 0.1) is 11.0 Å². The van der Waals surface area contributed by atoms with Gasteiger partial charge in [0, 0.05) is 22.5 Å². The zero-order chi connectivity index (χ0) is 13.8. The van der Waals surface area contributed by atoms with Crippen LogP contribution in [0.5, 0.6) is 0 Å². The standard InChI is InChI=1S/C14H12BrNO3/c15-12-7-3-2-6-11(12)14(17)9-10-5-1-4-8-13(10)16(18)19/h1-8,14,17H,9H2. The molecule has 0 aromatic heterocycles. The van der Waals surface area contributed by atoms with E-state index in [-0.39, 0.29) is 12.1 Å². The number of para-hydroxylation sites is 1. The van der Waals surface area contributed by atoms with Crippen molar-refractivity contribution in [2.24, 2.45) is 0 Å². The highest BCUT2D eigenvalue weighted by Crippen LogP contribution is 2.28. The predicted molar refractivity (Wildman–Crippen MR) is 75.9 cm³/mol. The summed E-state index contributed by atoms with van der Waals surface area (Å²) in [5.74, 6) is 0. The van der Waals surface area contributed by atoms with Crippen molar-refractivity contribution in [1.29, 1.82) is 0 Å². The fraction of sp³-hybridized carbons (Fsp3) is 0.143. The van der Waals surface area contributed by atoms with E-state index < -0.39 is 11.0 Å². The first-order valence-corrected chi connectivity index (χ1v) is 6.53. The summed E-state index contributed by atoms with van der Waals surface area (Å²) >= 11 is 3.36. The van der Waals surface area contributed by atoms with Gasteiger partial charge in [0.2, 0.25) is 0 Å². The molecule has 1 atom stereocenters. The van der Waals surface area contributed by atoms with Gasteiger partial charge in [-0.25, -0.2) is 0 Å². The third kappa shape index (κ3) is 3.19. The van der Waals surface area contributed by atoms with Gasteiger partial charge in [0.25, 0.3) is 5.69 Å². The second-order valence-corrected chi connectivity index (χ2v) is 4.98. The van der Waals surface area contributed by atoms with E-state index in [9.17, 15) is 15.2 Å². The maximum atomic E-state index is 10.9. The molecule has 0 amide bonds. The lowest BCUT2D eigenvalue weighted by atomic mass is 10.0. The summed E-state index contributed by atoms with van der Waals surface area (Å²) in [6, 6.07) is 13.8. The van der Waals surface area contributed by atoms with Gasteiger partial charge in [0.1, 0.15) is 0 Å². The molecule has 0 saturated carbocycles. The van der Waals surface area contributed by atoms with Crippen molar-refractivity contribution in [2.75, 3.05) is 0 Å². The predicted octanol–water partition coefficient (Wildman–Crippen LogP) is 3.63. The molecule has 98 valence electrons. The molecule has 0 radical (unpaired) electrons. The molecular weight excluding hydrogens is 310 g/mol. The minimum Gasteiger partial charge on any atom is -0.388 e. The Bertz CT molecular complexity index is 601. The number of hydrogen-bond acceptors (Lipinski definition) is 3. The van der Waals surface area contributed by atoms with Gasteiger partial charge < -0.3 is 5.11 Å². The van der Waals surface area contributed by atoms with Gasteiger partial charge in [-0.1, -0.05) is 52.3 Å². The van der Waals surface area contributed by atoms with Crippen LogP contribution in [0.1, 0.15) is 17.2 Å². The molecule has 0 bridgehead atoms. The van der Waals surface area contributed by atoms with Gasteiger partial charge in [-0.2, -0.15) is 0 Å². The molecule has 2 rings (SSSR count). The number of halogens is 1. The van der Waals surface area contributed by atoms with Crippen molar-refractivity contribution in [2.45, 2.75) is 12.5 Å². The van der Waals surface area contributed by atoms with Crippen molar-refractivity contribution in [3.05, 3.63) is 74.2 Å². The fourth-order valence-corrected chi connectivity index (χ4v) is 2.47. The van der Waals surface area contributed by atoms with Gasteiger partial charge in [-0.05, 0) is 11.6 Å². The van der Waals surface area contributed by atoms with Gasteiger partial charge in [0.15, 0.2) is 0 Å². The third-order valence-electron chi connectivity index (χ3n) is 2.87. The Morgan fingerprint density at radius 1 is 1.16 bits per heavy atom. The van der Waals surface area contributed by atoms with E-state index in [0.717, 1.165) is 10.0 Å². The van der Waals surface area contributed by atoms with Crippen LogP contribution in [-0.2, 0) is 6.42 Å². The van der Waals surface area contributed by atoms with E-state index in [1.165, 1.54) is 6.07 Å². The second-order valence-electron chi connectivity index (χ2n) is 4.13. The van der Waals surface area contributed by atoms with E-state index >= 15 is 0 Å². The summed E-state index contributed by atoms with van der Waals surface area (Å²) in [5.41, 5.74) is 1.28. The Hall–Kier alpha value is -1.72. The Morgan fingerprint density at radius 2 is 1.79 bits per heavy atom. The number of nitro groups is 1. The summed E-state index contributed by atoms with van der Waals surface area (Å²) in [7, 11) is 0. The first-order valence-electron chi connectivity index (χ1n) is 5.74. The van der Waals surface area contributed by atoms with E-state index in [4.69, 9.17) is 0 Å². The van der Waals surface area contributed by atoms with E-state index in [2.05, 4.69) is 15.9 Å². The van der Waals surface area contributed by atoms with Crippen LogP contribution in [0.3, 0.4) is 0 Å². The molecule has 0 aliphatic heterocycles. The summed E-state index contributed by atoms with van der Waals surface area (Å²) in [4.78, 5) is 10.5. The van der Waals surface area contributed by atoms with Gasteiger partial charge in [-0.15, -0.1) is 0 Å². The zero-order valence-corrected chi connectivity index (χ0v) is 11.6. The highest BCUT2D eigenvalue weighted by atomic mass is 79.9. The number of hydrogen-bond donors (Lipinski definition) is 1. The summed E-state index contributed by atoms with van der Waals surface area (Å²) < 4.78 is 0.793. The number of aliphatic hydroxyl groups excluding tert-OH is 1. The lowest BCUT2D eigenvalue weighted by Crippen LogP contribution is -2.05. The monoisotopic (exact) mass is 321 g/mol. The second kappa shape index (κ2) is 5.95. The van der Waals surface area contributed by atoms with Crippen molar-refractivity contribution in [1.82, 2.24) is 0 Å². The Labute approximate surface area is 119 Å². The van der Waals surface area contributed by atoms with Crippen LogP contribution in [0.15, 0.2) is 53.0 Å². The average Bonchev–Trinajstić information content (AvgIpc) is 2.39. The van der Waals surface area contributed by atoms with Crippen molar-refractivity contribution in [3.8, 4) is 0 Å². The van der Waals surface area contributed by atoms with E-state index in [0.29, 0.717) is 5.56 Å². The Morgan fingerprint density at radius 3 is 2.47 bits per heavy atom. The molecule has 1 N–H and O–H groups in total. The van der Waals surface area contributed by atoms with Crippen molar-refractivity contribution < 1.29 is 10.0 Å². The van der Waals surface area contributed by atoms with Crippen LogP contribution in [0.2, 0.25) is 0 Å². The summed E-state index contributed by atoms with van der Waals surface area (Å²) in [6.07, 6.45) is -0.573. The number of rotatable bonds is 4. The number of nitrogens with zero attached hydrogens (tertiary/aromatic N) is 1. The largest absolute Gasteiger partial charge is 0.388 e. The van der Waals surface area contributed by atoms with Gasteiger partial charge in [-0.3, -0.25) is 10.1 Å². The number of nitro benzene ring substituents is 1. The van der Waals surface area contributed by atoms with Crippen molar-refractivity contribution >= 4 is 21.6 Å². The minimum absolute atomic E-state index is 0.0357. The first kappa shape index (κ1) is 13.7. The van der Waals surface area contributed by atoms with Crippen LogP contribution >= 0.6 is 15.9 Å². The molecule has 0 spiro atoms. The molecular formula is C14H12BrNO3. The minimum atomic E-state index is -0.781. The Balaban J connectivity index is 2.27. The SMILES string of the molecule is O=[N+]([O-])c1ccccc1CC(O)c1ccccc1Br. The zero-order valence-electron chi connectivity index (χ0n) is 9.99. The lowest BCUT2D eigenvalue weighted by molar-refractivity contribution is -0.385. The van der Waals surface area contributed by atoms with Crippen LogP contribution in [-0.4, -0.2) is 10.0 Å². The van der Waals surface area contributed by atoms with E-state index in [1.807, 2.05) is 18.2 Å². The molecule has 0 fully saturated rings. The molecule has 0 heterocycles. The molecule has 1 unspecified atom stereocenters. The molecule has 0 aliphatic rings. The maximum absolute atomic E-state index is 10.9. The molecule has 0 aliphatic carbocycles. The third-order valence-corrected chi connectivity index (χ3v) is 3.59. The molecule has 0 saturated heterocycles. The van der Waals surface area contributed by atoms with Crippen molar-refractivity contribution in [3.63, 3.8) is 0 Å². The number of benzene rings is 2. The molecule has 4 nitrogen and oxygen atoms in total. The van der Waals surface area contributed by atoms with Crippen LogP contribution in [0.25, 0.3) is 0 Å². The quantitative estimate of drug-likeness (QED) is 0.690.